The van der Waals surface area contributed by atoms with Crippen molar-refractivity contribution < 1.29 is 17.9 Å². The highest BCUT2D eigenvalue weighted by Gasteiger charge is 2.49. The number of hydrogen-bond acceptors (Lipinski definition) is 9. The minimum absolute atomic E-state index is 0.00464. The van der Waals surface area contributed by atoms with Crippen LogP contribution in [-0.4, -0.2) is 82.9 Å². The Morgan fingerprint density at radius 1 is 1.12 bits per heavy atom. The molecule has 13 heteroatoms. The number of thiophene rings is 1. The zero-order valence-corrected chi connectivity index (χ0v) is 27.9. The maximum absolute atomic E-state index is 17.1. The van der Waals surface area contributed by atoms with Crippen molar-refractivity contribution in [2.75, 3.05) is 50.0 Å². The molecule has 4 saturated heterocycles. The maximum atomic E-state index is 17.1. The van der Waals surface area contributed by atoms with Gasteiger partial charge in [-0.15, -0.1) is 11.3 Å². The molecule has 2 aromatic carbocycles. The van der Waals surface area contributed by atoms with Gasteiger partial charge in [0, 0.05) is 61.0 Å². The summed E-state index contributed by atoms with van der Waals surface area (Å²) in [6.07, 6.45) is 6.07. The molecule has 8 nitrogen and oxygen atoms in total. The lowest BCUT2D eigenvalue weighted by Crippen LogP contribution is -2.54. The quantitative estimate of drug-likeness (QED) is 0.223. The number of hydrogen-bond donors (Lipinski definition) is 1. The van der Waals surface area contributed by atoms with Crippen LogP contribution in [0.25, 0.3) is 32.1 Å². The van der Waals surface area contributed by atoms with Crippen LogP contribution in [0.3, 0.4) is 0 Å². The van der Waals surface area contributed by atoms with Crippen molar-refractivity contribution in [2.24, 2.45) is 5.92 Å². The molecule has 0 spiro atoms. The van der Waals surface area contributed by atoms with Crippen LogP contribution in [-0.2, 0) is 0 Å². The molecular weight excluding hydrogens is 659 g/mol. The van der Waals surface area contributed by atoms with Gasteiger partial charge in [-0.3, -0.25) is 9.80 Å². The Balaban J connectivity index is 1.17. The fraction of sp³-hybridized carbons (Fsp3) is 0.514. The highest BCUT2D eigenvalue weighted by Crippen LogP contribution is 2.47. The summed E-state index contributed by atoms with van der Waals surface area (Å²) >= 11 is 7.86. The van der Waals surface area contributed by atoms with Crippen LogP contribution in [0.15, 0.2) is 18.2 Å². The monoisotopic (exact) mass is 693 g/mol. The number of rotatable bonds is 7. The number of anilines is 2. The van der Waals surface area contributed by atoms with E-state index in [-0.39, 0.29) is 54.9 Å². The van der Waals surface area contributed by atoms with E-state index in [1.165, 1.54) is 25.0 Å². The summed E-state index contributed by atoms with van der Waals surface area (Å²) in [5, 5.41) is 10.8. The number of nitrogen functional groups attached to an aromatic ring is 1. The number of benzene rings is 2. The van der Waals surface area contributed by atoms with E-state index in [1.54, 1.807) is 6.07 Å². The van der Waals surface area contributed by atoms with Gasteiger partial charge in [-0.1, -0.05) is 17.7 Å². The normalized spacial score (nSPS) is 27.3. The summed E-state index contributed by atoms with van der Waals surface area (Å²) in [4.78, 5) is 16.6. The van der Waals surface area contributed by atoms with Crippen molar-refractivity contribution in [3.8, 4) is 23.2 Å². The second-order valence-corrected chi connectivity index (χ2v) is 15.8. The van der Waals surface area contributed by atoms with E-state index in [9.17, 15) is 14.0 Å². The first-order valence-corrected chi connectivity index (χ1v) is 18.1. The zero-order valence-electron chi connectivity index (χ0n) is 26.3. The van der Waals surface area contributed by atoms with Gasteiger partial charge in [-0.25, -0.2) is 13.2 Å². The number of nitrogens with two attached hydrogens (primary N) is 1. The van der Waals surface area contributed by atoms with Crippen molar-refractivity contribution in [3.05, 3.63) is 40.4 Å². The van der Waals surface area contributed by atoms with Gasteiger partial charge in [-0.05, 0) is 68.7 Å². The Kier molecular flexibility index (Phi) is 7.24. The summed E-state index contributed by atoms with van der Waals surface area (Å²) in [5.74, 6) is 0.0802. The molecule has 6 heterocycles. The predicted molar refractivity (Wildman–Crippen MR) is 181 cm³/mol. The molecule has 4 aromatic rings. The standard InChI is InChI=1S/C35H35ClF3N7OS/c36-25-10-23-30(29(39)28(25)22-6-7-26(38)31-27(22)24(12-40)32(41)48-31)42-34(47-17-35-8-1-9-45(35)14-19(37)11-35)43-33(23)44-15-20-4-5-21(16-44)46(20)13-18-2-3-18/h6-7,10,18-21H,1-5,8-9,11,13-17,41H2/t19-,20?,21?,35+/m1/s1. The van der Waals surface area contributed by atoms with Crippen LogP contribution in [0.5, 0.6) is 6.01 Å². The number of aromatic nitrogens is 2. The van der Waals surface area contributed by atoms with Crippen LogP contribution in [0.2, 0.25) is 5.02 Å². The number of nitriles is 1. The summed E-state index contributed by atoms with van der Waals surface area (Å²) < 4.78 is 53.0. The molecule has 1 saturated carbocycles. The smallest absolute Gasteiger partial charge is 0.319 e. The lowest BCUT2D eigenvalue weighted by atomic mass is 9.95. The first kappa shape index (κ1) is 30.7. The molecule has 4 aliphatic heterocycles. The van der Waals surface area contributed by atoms with Crippen molar-refractivity contribution in [1.82, 2.24) is 19.8 Å². The first-order chi connectivity index (χ1) is 23.2. The molecule has 0 radical (unpaired) electrons. The van der Waals surface area contributed by atoms with Gasteiger partial charge in [0.05, 0.1) is 20.8 Å². The van der Waals surface area contributed by atoms with Gasteiger partial charge >= 0.3 is 6.01 Å². The van der Waals surface area contributed by atoms with Crippen LogP contribution in [0.1, 0.15) is 50.5 Å². The fourth-order valence-electron chi connectivity index (χ4n) is 8.93. The van der Waals surface area contributed by atoms with Gasteiger partial charge < -0.3 is 15.4 Å². The predicted octanol–water partition coefficient (Wildman–Crippen LogP) is 6.92. The number of alkyl halides is 1. The van der Waals surface area contributed by atoms with Gasteiger partial charge in [0.25, 0.3) is 0 Å². The molecule has 250 valence electrons. The zero-order chi connectivity index (χ0) is 32.9. The van der Waals surface area contributed by atoms with Crippen molar-refractivity contribution in [3.63, 3.8) is 0 Å². The lowest BCUT2D eigenvalue weighted by Gasteiger charge is -2.42. The molecule has 1 aliphatic carbocycles. The number of ether oxygens (including phenoxy) is 1. The van der Waals surface area contributed by atoms with Crippen LogP contribution < -0.4 is 15.4 Å². The SMILES string of the molecule is N#Cc1c(N)sc2c(F)ccc(-c3c(Cl)cc4c(N5CC6CCC(C5)N6CC5CC5)nc(OC[C@@]56CCCN5C[C@H](F)C6)nc4c3F)c12. The van der Waals surface area contributed by atoms with Crippen molar-refractivity contribution in [1.29, 1.82) is 5.26 Å². The van der Waals surface area contributed by atoms with E-state index >= 15 is 4.39 Å². The fourth-order valence-corrected chi connectivity index (χ4v) is 10.2. The number of piperazine rings is 1. The van der Waals surface area contributed by atoms with Crippen molar-refractivity contribution in [2.45, 2.75) is 68.7 Å². The Hall–Kier alpha value is -3.37. The largest absolute Gasteiger partial charge is 0.461 e. The third-order valence-corrected chi connectivity index (χ3v) is 12.7. The minimum atomic E-state index is -0.913. The molecule has 48 heavy (non-hydrogen) atoms. The number of halogens is 4. The second kappa shape index (κ2) is 11.3. The Bertz CT molecular complexity index is 2000. The highest BCUT2D eigenvalue weighted by atomic mass is 35.5. The number of nitrogens with zero attached hydrogens (tertiary/aromatic N) is 6. The van der Waals surface area contributed by atoms with E-state index < -0.39 is 23.3 Å². The van der Waals surface area contributed by atoms with E-state index in [0.29, 0.717) is 36.3 Å². The molecule has 2 unspecified atom stereocenters. The Labute approximate surface area is 285 Å². The summed E-state index contributed by atoms with van der Waals surface area (Å²) in [6, 6.07) is 7.18. The lowest BCUT2D eigenvalue weighted by molar-refractivity contribution is 0.107. The van der Waals surface area contributed by atoms with Crippen LogP contribution >= 0.6 is 22.9 Å². The molecule has 2 N–H and O–H groups in total. The van der Waals surface area contributed by atoms with E-state index in [0.717, 1.165) is 69.1 Å². The average molecular weight is 694 g/mol. The maximum Gasteiger partial charge on any atom is 0.319 e. The van der Waals surface area contributed by atoms with Crippen LogP contribution in [0, 0.1) is 28.9 Å². The summed E-state index contributed by atoms with van der Waals surface area (Å²) in [7, 11) is 0. The summed E-state index contributed by atoms with van der Waals surface area (Å²) in [5.41, 5.74) is 6.03. The number of fused-ring (bicyclic) bond motifs is 5. The van der Waals surface area contributed by atoms with Gasteiger partial charge in [0.1, 0.15) is 41.0 Å². The third kappa shape index (κ3) is 4.83. The van der Waals surface area contributed by atoms with Gasteiger partial charge in [0.15, 0.2) is 5.82 Å². The Morgan fingerprint density at radius 2 is 1.92 bits per heavy atom. The first-order valence-electron chi connectivity index (χ1n) is 16.9. The molecule has 5 aliphatic rings. The van der Waals surface area contributed by atoms with E-state index in [4.69, 9.17) is 27.1 Å². The third-order valence-electron chi connectivity index (χ3n) is 11.4. The van der Waals surface area contributed by atoms with Crippen molar-refractivity contribution >= 4 is 54.7 Å². The molecule has 9 rings (SSSR count). The van der Waals surface area contributed by atoms with E-state index in [2.05, 4.69) is 25.8 Å². The van der Waals surface area contributed by atoms with E-state index in [1.807, 2.05) is 0 Å². The van der Waals surface area contributed by atoms with Gasteiger partial charge in [0.2, 0.25) is 0 Å². The average Bonchev–Trinajstić information content (AvgIpc) is 3.49. The molecule has 5 fully saturated rings. The minimum Gasteiger partial charge on any atom is -0.461 e. The topological polar surface area (TPSA) is 94.5 Å². The van der Waals surface area contributed by atoms with Crippen LogP contribution in [0.4, 0.5) is 24.0 Å². The highest BCUT2D eigenvalue weighted by molar-refractivity contribution is 7.23. The Morgan fingerprint density at radius 3 is 2.67 bits per heavy atom. The van der Waals surface area contributed by atoms with Gasteiger partial charge in [-0.2, -0.15) is 15.2 Å². The summed E-state index contributed by atoms with van der Waals surface area (Å²) in [6.45, 7) is 4.04. The molecule has 4 atom stereocenters. The molecular formula is C35H35ClF3N7OS. The second-order valence-electron chi connectivity index (χ2n) is 14.3. The molecule has 2 aromatic heterocycles. The molecule has 2 bridgehead atoms. The molecule has 0 amide bonds.